The van der Waals surface area contributed by atoms with Gasteiger partial charge in [0.25, 0.3) is 0 Å². The molecule has 2 unspecified atom stereocenters. The quantitative estimate of drug-likeness (QED) is 0.843. The fourth-order valence-corrected chi connectivity index (χ4v) is 3.58. The van der Waals surface area contributed by atoms with Gasteiger partial charge < -0.3 is 10.8 Å². The van der Waals surface area contributed by atoms with Crippen LogP contribution >= 0.6 is 11.8 Å². The van der Waals surface area contributed by atoms with Gasteiger partial charge in [0, 0.05) is 10.6 Å². The SMILES string of the molecule is NCCC(CC1CSc2ccccc21)C(=O)O. The maximum Gasteiger partial charge on any atom is 0.306 e. The van der Waals surface area contributed by atoms with Gasteiger partial charge in [-0.3, -0.25) is 4.79 Å². The second-order valence-electron chi connectivity index (χ2n) is 4.39. The lowest BCUT2D eigenvalue weighted by molar-refractivity contribution is -0.142. The van der Waals surface area contributed by atoms with Crippen molar-refractivity contribution in [1.82, 2.24) is 0 Å². The van der Waals surface area contributed by atoms with Crippen LogP contribution in [0, 0.1) is 5.92 Å². The van der Waals surface area contributed by atoms with Crippen LogP contribution in [0.15, 0.2) is 29.2 Å². The Balaban J connectivity index is 2.07. The number of carboxylic acids is 1. The van der Waals surface area contributed by atoms with E-state index in [0.29, 0.717) is 25.3 Å². The number of rotatable bonds is 5. The standard InChI is InChI=1S/C13H17NO2S/c14-6-5-9(13(15)16)7-10-8-17-12-4-2-1-3-11(10)12/h1-4,9-10H,5-8,14H2,(H,15,16). The molecule has 0 aliphatic carbocycles. The van der Waals surface area contributed by atoms with Crippen molar-refractivity contribution in [3.63, 3.8) is 0 Å². The van der Waals surface area contributed by atoms with E-state index in [-0.39, 0.29) is 5.92 Å². The molecule has 1 aromatic rings. The summed E-state index contributed by atoms with van der Waals surface area (Å²) < 4.78 is 0. The average molecular weight is 251 g/mol. The number of thioether (sulfide) groups is 1. The van der Waals surface area contributed by atoms with E-state index in [2.05, 4.69) is 12.1 Å². The molecule has 1 aliphatic rings. The molecule has 0 amide bonds. The lowest BCUT2D eigenvalue weighted by Gasteiger charge is -2.16. The Morgan fingerprint density at radius 1 is 1.53 bits per heavy atom. The number of benzene rings is 1. The third kappa shape index (κ3) is 2.82. The highest BCUT2D eigenvalue weighted by Crippen LogP contribution is 2.42. The molecule has 0 bridgehead atoms. The number of carboxylic acid groups (broad SMARTS) is 1. The zero-order chi connectivity index (χ0) is 12.3. The zero-order valence-electron chi connectivity index (χ0n) is 9.63. The Morgan fingerprint density at radius 2 is 2.29 bits per heavy atom. The van der Waals surface area contributed by atoms with Crippen molar-refractivity contribution < 1.29 is 9.90 Å². The summed E-state index contributed by atoms with van der Waals surface area (Å²) in [5, 5.41) is 9.15. The van der Waals surface area contributed by atoms with Crippen LogP contribution in [0.1, 0.15) is 24.3 Å². The molecule has 0 radical (unpaired) electrons. The monoisotopic (exact) mass is 251 g/mol. The third-order valence-corrected chi connectivity index (χ3v) is 4.48. The second-order valence-corrected chi connectivity index (χ2v) is 5.46. The average Bonchev–Trinajstić information content (AvgIpc) is 2.72. The van der Waals surface area contributed by atoms with E-state index in [0.717, 1.165) is 5.75 Å². The molecular weight excluding hydrogens is 234 g/mol. The van der Waals surface area contributed by atoms with Crippen molar-refractivity contribution >= 4 is 17.7 Å². The van der Waals surface area contributed by atoms with Crippen molar-refractivity contribution in [2.24, 2.45) is 11.7 Å². The maximum absolute atomic E-state index is 11.1. The largest absolute Gasteiger partial charge is 0.481 e. The van der Waals surface area contributed by atoms with Gasteiger partial charge in [0.1, 0.15) is 0 Å². The summed E-state index contributed by atoms with van der Waals surface area (Å²) in [6, 6.07) is 8.28. The van der Waals surface area contributed by atoms with E-state index < -0.39 is 5.97 Å². The number of carbonyl (C=O) groups is 1. The summed E-state index contributed by atoms with van der Waals surface area (Å²) in [7, 11) is 0. The Kier molecular flexibility index (Phi) is 4.07. The van der Waals surface area contributed by atoms with Gasteiger partial charge in [-0.25, -0.2) is 0 Å². The molecule has 0 saturated heterocycles. The highest BCUT2D eigenvalue weighted by atomic mass is 32.2. The van der Waals surface area contributed by atoms with Crippen LogP contribution in [0.25, 0.3) is 0 Å². The molecule has 1 aliphatic heterocycles. The lowest BCUT2D eigenvalue weighted by atomic mass is 9.88. The molecule has 3 nitrogen and oxygen atoms in total. The molecule has 17 heavy (non-hydrogen) atoms. The summed E-state index contributed by atoms with van der Waals surface area (Å²) in [5.74, 6) is 0.332. The van der Waals surface area contributed by atoms with Crippen LogP contribution in [-0.4, -0.2) is 23.4 Å². The predicted molar refractivity (Wildman–Crippen MR) is 69.3 cm³/mol. The number of hydrogen-bond acceptors (Lipinski definition) is 3. The highest BCUT2D eigenvalue weighted by molar-refractivity contribution is 7.99. The summed E-state index contributed by atoms with van der Waals surface area (Å²) in [6.07, 6.45) is 1.27. The normalized spacial score (nSPS) is 19.9. The van der Waals surface area contributed by atoms with E-state index in [1.54, 1.807) is 0 Å². The van der Waals surface area contributed by atoms with E-state index in [4.69, 9.17) is 10.8 Å². The van der Waals surface area contributed by atoms with Gasteiger partial charge in [0.2, 0.25) is 0 Å². The van der Waals surface area contributed by atoms with Crippen molar-refractivity contribution in [2.75, 3.05) is 12.3 Å². The molecule has 0 aromatic heterocycles. The fourth-order valence-electron chi connectivity index (χ4n) is 2.31. The highest BCUT2D eigenvalue weighted by Gasteiger charge is 2.28. The minimum absolute atomic E-state index is 0.309. The number of hydrogen-bond donors (Lipinski definition) is 2. The number of fused-ring (bicyclic) bond motifs is 1. The summed E-state index contributed by atoms with van der Waals surface area (Å²) in [4.78, 5) is 12.4. The van der Waals surface area contributed by atoms with Gasteiger partial charge in [0.15, 0.2) is 0 Å². The second kappa shape index (κ2) is 5.56. The first kappa shape index (κ1) is 12.5. The predicted octanol–water partition coefficient (Wildman–Crippen LogP) is 2.32. The van der Waals surface area contributed by atoms with E-state index in [9.17, 15) is 4.79 Å². The molecule has 0 saturated carbocycles. The van der Waals surface area contributed by atoms with Crippen LogP contribution in [0.2, 0.25) is 0 Å². The van der Waals surface area contributed by atoms with Gasteiger partial charge in [-0.1, -0.05) is 18.2 Å². The van der Waals surface area contributed by atoms with Crippen molar-refractivity contribution in [3.8, 4) is 0 Å². The van der Waals surface area contributed by atoms with Crippen LogP contribution in [0.4, 0.5) is 0 Å². The topological polar surface area (TPSA) is 63.3 Å². The fraction of sp³-hybridized carbons (Fsp3) is 0.462. The molecule has 4 heteroatoms. The smallest absolute Gasteiger partial charge is 0.306 e. The van der Waals surface area contributed by atoms with Gasteiger partial charge in [-0.2, -0.15) is 0 Å². The van der Waals surface area contributed by atoms with Gasteiger partial charge in [-0.05, 0) is 36.9 Å². The summed E-state index contributed by atoms with van der Waals surface area (Å²) in [6.45, 7) is 0.443. The van der Waals surface area contributed by atoms with E-state index in [1.807, 2.05) is 23.9 Å². The van der Waals surface area contributed by atoms with E-state index in [1.165, 1.54) is 10.5 Å². The minimum Gasteiger partial charge on any atom is -0.481 e. The number of aliphatic carboxylic acids is 1. The van der Waals surface area contributed by atoms with Gasteiger partial charge in [-0.15, -0.1) is 11.8 Å². The molecule has 1 aromatic carbocycles. The summed E-state index contributed by atoms with van der Waals surface area (Å²) >= 11 is 1.82. The minimum atomic E-state index is -0.718. The Labute approximate surface area is 105 Å². The first-order valence-corrected chi connectivity index (χ1v) is 6.85. The van der Waals surface area contributed by atoms with Crippen molar-refractivity contribution in [2.45, 2.75) is 23.7 Å². The van der Waals surface area contributed by atoms with E-state index >= 15 is 0 Å². The Hall–Kier alpha value is -1.00. The van der Waals surface area contributed by atoms with Gasteiger partial charge in [0.05, 0.1) is 5.92 Å². The maximum atomic E-state index is 11.1. The van der Waals surface area contributed by atoms with Gasteiger partial charge >= 0.3 is 5.97 Å². The third-order valence-electron chi connectivity index (χ3n) is 3.23. The van der Waals surface area contributed by atoms with Crippen molar-refractivity contribution in [3.05, 3.63) is 29.8 Å². The molecule has 2 atom stereocenters. The lowest BCUT2D eigenvalue weighted by Crippen LogP contribution is -2.20. The van der Waals surface area contributed by atoms with Crippen LogP contribution in [0.3, 0.4) is 0 Å². The first-order valence-electron chi connectivity index (χ1n) is 5.87. The molecule has 3 N–H and O–H groups in total. The molecule has 92 valence electrons. The van der Waals surface area contributed by atoms with Crippen LogP contribution in [0.5, 0.6) is 0 Å². The molecule has 0 spiro atoms. The van der Waals surface area contributed by atoms with Crippen molar-refractivity contribution in [1.29, 1.82) is 0 Å². The van der Waals surface area contributed by atoms with Crippen LogP contribution in [-0.2, 0) is 4.79 Å². The molecular formula is C13H17NO2S. The molecule has 2 rings (SSSR count). The Morgan fingerprint density at radius 3 is 3.00 bits per heavy atom. The van der Waals surface area contributed by atoms with Crippen LogP contribution < -0.4 is 5.73 Å². The summed E-state index contributed by atoms with van der Waals surface area (Å²) in [5.41, 5.74) is 6.77. The molecule has 0 fully saturated rings. The molecule has 1 heterocycles. The number of nitrogens with two attached hydrogens (primary N) is 1. The Bertz CT molecular complexity index is 408. The first-order chi connectivity index (χ1) is 8.22. The zero-order valence-corrected chi connectivity index (χ0v) is 10.5.